The van der Waals surface area contributed by atoms with E-state index in [4.69, 9.17) is 0 Å². The van der Waals surface area contributed by atoms with Gasteiger partial charge in [-0.05, 0) is 27.2 Å². The molecule has 1 atom stereocenters. The molecule has 0 aromatic carbocycles. The summed E-state index contributed by atoms with van der Waals surface area (Å²) < 4.78 is 22.7. The highest BCUT2D eigenvalue weighted by atomic mass is 32.2. The summed E-state index contributed by atoms with van der Waals surface area (Å²) in [5.41, 5.74) is -0.364. The van der Waals surface area contributed by atoms with Crippen LogP contribution in [0.5, 0.6) is 0 Å². The summed E-state index contributed by atoms with van der Waals surface area (Å²) in [6.07, 6.45) is 1.01. The topological polar surface area (TPSA) is 75.3 Å². The molecular formula is C11H22N2O3S. The molecule has 100 valence electrons. The summed E-state index contributed by atoms with van der Waals surface area (Å²) in [5, 5.41) is 5.98. The zero-order valence-electron chi connectivity index (χ0n) is 10.7. The maximum atomic E-state index is 11.4. The molecule has 1 aliphatic rings. The highest BCUT2D eigenvalue weighted by molar-refractivity contribution is 7.91. The van der Waals surface area contributed by atoms with E-state index in [9.17, 15) is 13.2 Å². The second kappa shape index (κ2) is 5.35. The average molecular weight is 262 g/mol. The van der Waals surface area contributed by atoms with Crippen molar-refractivity contribution in [2.24, 2.45) is 0 Å². The fraction of sp³-hybridized carbons (Fsp3) is 0.909. The second-order valence-electron chi connectivity index (χ2n) is 5.30. The largest absolute Gasteiger partial charge is 0.354 e. The minimum atomic E-state index is -2.89. The molecule has 0 aromatic rings. The van der Waals surface area contributed by atoms with Gasteiger partial charge < -0.3 is 10.6 Å². The molecule has 0 bridgehead atoms. The van der Waals surface area contributed by atoms with Gasteiger partial charge >= 0.3 is 0 Å². The minimum Gasteiger partial charge on any atom is -0.354 e. The van der Waals surface area contributed by atoms with Gasteiger partial charge in [0, 0.05) is 24.5 Å². The van der Waals surface area contributed by atoms with Gasteiger partial charge in [-0.15, -0.1) is 0 Å². The van der Waals surface area contributed by atoms with Gasteiger partial charge in [0.25, 0.3) is 0 Å². The van der Waals surface area contributed by atoms with Crippen molar-refractivity contribution in [2.75, 3.05) is 18.1 Å². The lowest BCUT2D eigenvalue weighted by Crippen LogP contribution is -2.45. The van der Waals surface area contributed by atoms with Gasteiger partial charge in [-0.1, -0.05) is 0 Å². The van der Waals surface area contributed by atoms with Gasteiger partial charge in [0.15, 0.2) is 9.84 Å². The zero-order valence-corrected chi connectivity index (χ0v) is 11.6. The van der Waals surface area contributed by atoms with E-state index in [0.29, 0.717) is 19.4 Å². The SMILES string of the molecule is CC(C)NC(=O)CCNC1(C)CCS(=O)(=O)C1. The first-order valence-corrected chi connectivity index (χ1v) is 7.79. The van der Waals surface area contributed by atoms with Gasteiger partial charge in [0.05, 0.1) is 11.5 Å². The second-order valence-corrected chi connectivity index (χ2v) is 7.49. The molecule has 2 N–H and O–H groups in total. The van der Waals surface area contributed by atoms with Crippen LogP contribution in [0.25, 0.3) is 0 Å². The van der Waals surface area contributed by atoms with Crippen LogP contribution in [0.1, 0.15) is 33.6 Å². The third-order valence-corrected chi connectivity index (χ3v) is 4.76. The Morgan fingerprint density at radius 2 is 2.06 bits per heavy atom. The number of sulfone groups is 1. The lowest BCUT2D eigenvalue weighted by molar-refractivity contribution is -0.121. The Balaban J connectivity index is 2.30. The fourth-order valence-corrected chi connectivity index (χ4v) is 4.14. The van der Waals surface area contributed by atoms with Crippen molar-refractivity contribution in [1.82, 2.24) is 10.6 Å². The molecule has 0 saturated carbocycles. The van der Waals surface area contributed by atoms with Crippen LogP contribution in [0.3, 0.4) is 0 Å². The number of amides is 1. The molecule has 1 fully saturated rings. The van der Waals surface area contributed by atoms with E-state index < -0.39 is 9.84 Å². The van der Waals surface area contributed by atoms with Crippen LogP contribution in [-0.2, 0) is 14.6 Å². The van der Waals surface area contributed by atoms with E-state index in [1.165, 1.54) is 0 Å². The molecule has 17 heavy (non-hydrogen) atoms. The summed E-state index contributed by atoms with van der Waals surface area (Å²) in [7, 11) is -2.89. The minimum absolute atomic E-state index is 0.00282. The predicted molar refractivity (Wildman–Crippen MR) is 67.6 cm³/mol. The molecule has 0 radical (unpaired) electrons. The predicted octanol–water partition coefficient (Wildman–Crippen LogP) is 0.0679. The molecule has 1 saturated heterocycles. The first-order chi connectivity index (χ1) is 7.72. The number of rotatable bonds is 5. The molecule has 0 aromatic heterocycles. The Labute approximate surface area is 103 Å². The highest BCUT2D eigenvalue weighted by Gasteiger charge is 2.37. The van der Waals surface area contributed by atoms with Crippen molar-refractivity contribution in [3.05, 3.63) is 0 Å². The van der Waals surface area contributed by atoms with E-state index in [2.05, 4.69) is 10.6 Å². The molecule has 1 amide bonds. The Kier molecular flexibility index (Phi) is 4.55. The Morgan fingerprint density at radius 1 is 1.41 bits per heavy atom. The van der Waals surface area contributed by atoms with Crippen LogP contribution in [0.4, 0.5) is 0 Å². The molecule has 0 aliphatic carbocycles. The van der Waals surface area contributed by atoms with Gasteiger partial charge in [0.2, 0.25) is 5.91 Å². The van der Waals surface area contributed by atoms with Crippen LogP contribution in [0.15, 0.2) is 0 Å². The molecule has 0 spiro atoms. The number of carbonyl (C=O) groups is 1. The highest BCUT2D eigenvalue weighted by Crippen LogP contribution is 2.22. The van der Waals surface area contributed by atoms with E-state index in [1.807, 2.05) is 20.8 Å². The van der Waals surface area contributed by atoms with Crippen molar-refractivity contribution in [3.8, 4) is 0 Å². The maximum absolute atomic E-state index is 11.4. The first kappa shape index (κ1) is 14.4. The molecule has 6 heteroatoms. The summed E-state index contributed by atoms with van der Waals surface area (Å²) in [6, 6.07) is 0.143. The van der Waals surface area contributed by atoms with Gasteiger partial charge in [-0.25, -0.2) is 8.42 Å². The Morgan fingerprint density at radius 3 is 2.53 bits per heavy atom. The summed E-state index contributed by atoms with van der Waals surface area (Å²) >= 11 is 0. The first-order valence-electron chi connectivity index (χ1n) is 5.97. The number of carbonyl (C=O) groups excluding carboxylic acids is 1. The van der Waals surface area contributed by atoms with Gasteiger partial charge in [-0.3, -0.25) is 4.79 Å². The smallest absolute Gasteiger partial charge is 0.221 e. The van der Waals surface area contributed by atoms with Crippen molar-refractivity contribution in [1.29, 1.82) is 0 Å². The molecule has 5 nitrogen and oxygen atoms in total. The third-order valence-electron chi connectivity index (χ3n) is 2.86. The van der Waals surface area contributed by atoms with Gasteiger partial charge in [-0.2, -0.15) is 0 Å². The molecule has 1 aliphatic heterocycles. The van der Waals surface area contributed by atoms with E-state index >= 15 is 0 Å². The van der Waals surface area contributed by atoms with Crippen molar-refractivity contribution < 1.29 is 13.2 Å². The number of hydrogen-bond acceptors (Lipinski definition) is 4. The van der Waals surface area contributed by atoms with Crippen LogP contribution in [0, 0.1) is 0 Å². The van der Waals surface area contributed by atoms with Crippen LogP contribution in [0.2, 0.25) is 0 Å². The molecule has 1 heterocycles. The number of hydrogen-bond donors (Lipinski definition) is 2. The summed E-state index contributed by atoms with van der Waals surface area (Å²) in [4.78, 5) is 11.4. The Hall–Kier alpha value is -0.620. The number of nitrogens with one attached hydrogen (secondary N) is 2. The van der Waals surface area contributed by atoms with Crippen molar-refractivity contribution >= 4 is 15.7 Å². The molecular weight excluding hydrogens is 240 g/mol. The van der Waals surface area contributed by atoms with Crippen molar-refractivity contribution in [3.63, 3.8) is 0 Å². The lowest BCUT2D eigenvalue weighted by atomic mass is 10.0. The zero-order chi connectivity index (χ0) is 13.1. The lowest BCUT2D eigenvalue weighted by Gasteiger charge is -2.23. The van der Waals surface area contributed by atoms with Crippen LogP contribution < -0.4 is 10.6 Å². The summed E-state index contributed by atoms with van der Waals surface area (Å²) in [5.74, 6) is 0.414. The van der Waals surface area contributed by atoms with E-state index in [-0.39, 0.29) is 29.0 Å². The molecule has 1 rings (SSSR count). The standard InChI is InChI=1S/C11H22N2O3S/c1-9(2)13-10(14)4-6-12-11(3)5-7-17(15,16)8-11/h9,12H,4-8H2,1-3H3,(H,13,14). The summed E-state index contributed by atoms with van der Waals surface area (Å²) in [6.45, 7) is 6.24. The monoisotopic (exact) mass is 262 g/mol. The molecule has 1 unspecified atom stereocenters. The fourth-order valence-electron chi connectivity index (χ4n) is 2.02. The van der Waals surface area contributed by atoms with E-state index in [1.54, 1.807) is 0 Å². The normalized spacial score (nSPS) is 27.3. The van der Waals surface area contributed by atoms with E-state index in [0.717, 1.165) is 0 Å². The van der Waals surface area contributed by atoms with Crippen LogP contribution >= 0.6 is 0 Å². The third kappa shape index (κ3) is 5.04. The quantitative estimate of drug-likeness (QED) is 0.735. The maximum Gasteiger partial charge on any atom is 0.221 e. The Bertz CT molecular complexity index is 378. The average Bonchev–Trinajstić information content (AvgIpc) is 2.39. The van der Waals surface area contributed by atoms with Crippen LogP contribution in [-0.4, -0.2) is 44.0 Å². The van der Waals surface area contributed by atoms with Gasteiger partial charge in [0.1, 0.15) is 0 Å². The van der Waals surface area contributed by atoms with Crippen molar-refractivity contribution in [2.45, 2.75) is 45.2 Å².